The molecule has 0 aromatic heterocycles. The summed E-state index contributed by atoms with van der Waals surface area (Å²) in [5.41, 5.74) is -0.0714. The van der Waals surface area contributed by atoms with Crippen LogP contribution >= 0.6 is 0 Å². The lowest BCUT2D eigenvalue weighted by atomic mass is 9.88. The molecule has 1 atom stereocenters. The normalized spacial score (nSPS) is 18.7. The molecule has 0 saturated carbocycles. The molecule has 1 heterocycles. The number of hydrogen-bond acceptors (Lipinski definition) is 5. The van der Waals surface area contributed by atoms with E-state index in [2.05, 4.69) is 5.32 Å². The highest BCUT2D eigenvalue weighted by Gasteiger charge is 2.35. The second-order valence-electron chi connectivity index (χ2n) is 5.91. The van der Waals surface area contributed by atoms with Crippen molar-refractivity contribution in [3.05, 3.63) is 53.6 Å². The van der Waals surface area contributed by atoms with Crippen LogP contribution in [0.4, 0.5) is 0 Å². The molecule has 1 aliphatic heterocycles. The average molecular weight is 343 g/mol. The zero-order chi connectivity index (χ0) is 17.9. The highest BCUT2D eigenvalue weighted by molar-refractivity contribution is 5.95. The van der Waals surface area contributed by atoms with Crippen LogP contribution in [0, 0.1) is 0 Å². The molecule has 6 heteroatoms. The molecule has 0 radical (unpaired) electrons. The Morgan fingerprint density at radius 1 is 1.20 bits per heavy atom. The molecule has 3 rings (SSSR count). The molecule has 1 unspecified atom stereocenters. The Balaban J connectivity index is 1.77. The van der Waals surface area contributed by atoms with Gasteiger partial charge < -0.3 is 24.6 Å². The fourth-order valence-corrected chi connectivity index (χ4v) is 2.89. The van der Waals surface area contributed by atoms with E-state index in [-0.39, 0.29) is 12.5 Å². The number of amides is 1. The Kier molecular flexibility index (Phi) is 4.81. The molecular formula is C19H21NO5. The molecule has 2 N–H and O–H groups in total. The van der Waals surface area contributed by atoms with Gasteiger partial charge in [0.1, 0.15) is 22.8 Å². The number of carbonyl (C=O) groups is 1. The maximum absolute atomic E-state index is 12.5. The molecule has 25 heavy (non-hydrogen) atoms. The fraction of sp³-hybridized carbons (Fsp3) is 0.316. The summed E-state index contributed by atoms with van der Waals surface area (Å²) >= 11 is 0. The van der Waals surface area contributed by atoms with Gasteiger partial charge in [-0.15, -0.1) is 0 Å². The number of methoxy groups -OCH3 is 2. The number of para-hydroxylation sites is 1. The van der Waals surface area contributed by atoms with Crippen molar-refractivity contribution in [1.29, 1.82) is 0 Å². The van der Waals surface area contributed by atoms with Gasteiger partial charge in [0, 0.05) is 23.6 Å². The van der Waals surface area contributed by atoms with E-state index in [1.807, 2.05) is 24.3 Å². The van der Waals surface area contributed by atoms with Crippen LogP contribution in [0.2, 0.25) is 0 Å². The van der Waals surface area contributed by atoms with E-state index in [1.165, 1.54) is 14.2 Å². The minimum Gasteiger partial charge on any atom is -0.497 e. The van der Waals surface area contributed by atoms with Crippen molar-refractivity contribution in [2.24, 2.45) is 0 Å². The van der Waals surface area contributed by atoms with Gasteiger partial charge in [-0.05, 0) is 18.2 Å². The molecule has 132 valence electrons. The van der Waals surface area contributed by atoms with Gasteiger partial charge >= 0.3 is 0 Å². The van der Waals surface area contributed by atoms with Crippen molar-refractivity contribution in [2.75, 3.05) is 27.4 Å². The second-order valence-corrected chi connectivity index (χ2v) is 5.91. The minimum atomic E-state index is -1.16. The summed E-state index contributed by atoms with van der Waals surface area (Å²) in [6.07, 6.45) is 0.408. The van der Waals surface area contributed by atoms with Gasteiger partial charge in [0.05, 0.1) is 27.4 Å². The molecule has 2 aromatic rings. The Hall–Kier alpha value is -2.73. The van der Waals surface area contributed by atoms with Crippen molar-refractivity contribution < 1.29 is 24.1 Å². The third-order valence-electron chi connectivity index (χ3n) is 4.32. The zero-order valence-electron chi connectivity index (χ0n) is 14.2. The van der Waals surface area contributed by atoms with Crippen LogP contribution in [-0.4, -0.2) is 38.4 Å². The molecule has 1 aliphatic rings. The monoisotopic (exact) mass is 343 g/mol. The zero-order valence-corrected chi connectivity index (χ0v) is 14.2. The van der Waals surface area contributed by atoms with Gasteiger partial charge in [-0.3, -0.25) is 4.79 Å². The molecule has 0 bridgehead atoms. The van der Waals surface area contributed by atoms with Gasteiger partial charge in [0.2, 0.25) is 0 Å². The number of carbonyl (C=O) groups excluding carboxylic acids is 1. The van der Waals surface area contributed by atoms with E-state index < -0.39 is 5.60 Å². The van der Waals surface area contributed by atoms with Crippen molar-refractivity contribution in [1.82, 2.24) is 5.32 Å². The first-order chi connectivity index (χ1) is 12.1. The Bertz CT molecular complexity index is 754. The number of aliphatic hydroxyl groups is 1. The standard InChI is InChI=1S/C19H21NO5/c1-23-14-9-13(10-15(11-14)24-2)18(21)20-12-19(22)7-8-25-17-6-4-3-5-16(17)19/h3-6,9-11,22H,7-8,12H2,1-2H3,(H,20,21). The smallest absolute Gasteiger partial charge is 0.251 e. The largest absolute Gasteiger partial charge is 0.497 e. The van der Waals surface area contributed by atoms with Crippen molar-refractivity contribution >= 4 is 5.91 Å². The van der Waals surface area contributed by atoms with Crippen LogP contribution in [0.15, 0.2) is 42.5 Å². The number of benzene rings is 2. The highest BCUT2D eigenvalue weighted by atomic mass is 16.5. The first kappa shape index (κ1) is 17.1. The highest BCUT2D eigenvalue weighted by Crippen LogP contribution is 2.36. The van der Waals surface area contributed by atoms with Crippen LogP contribution in [0.25, 0.3) is 0 Å². The van der Waals surface area contributed by atoms with Gasteiger partial charge in [-0.25, -0.2) is 0 Å². The topological polar surface area (TPSA) is 77.0 Å². The van der Waals surface area contributed by atoms with E-state index >= 15 is 0 Å². The summed E-state index contributed by atoms with van der Waals surface area (Å²) in [6, 6.07) is 12.3. The first-order valence-electron chi connectivity index (χ1n) is 8.02. The molecule has 0 spiro atoms. The molecule has 0 fully saturated rings. The Labute approximate surface area is 146 Å². The van der Waals surface area contributed by atoms with Crippen LogP contribution in [0.3, 0.4) is 0 Å². The van der Waals surface area contributed by atoms with E-state index in [1.54, 1.807) is 18.2 Å². The van der Waals surface area contributed by atoms with Gasteiger partial charge in [0.15, 0.2) is 0 Å². The number of fused-ring (bicyclic) bond motifs is 1. The van der Waals surface area contributed by atoms with E-state index in [9.17, 15) is 9.90 Å². The van der Waals surface area contributed by atoms with Crippen molar-refractivity contribution in [3.63, 3.8) is 0 Å². The summed E-state index contributed by atoms with van der Waals surface area (Å²) in [6.45, 7) is 0.488. The van der Waals surface area contributed by atoms with E-state index in [4.69, 9.17) is 14.2 Å². The second kappa shape index (κ2) is 7.03. The maximum Gasteiger partial charge on any atom is 0.251 e. The average Bonchev–Trinajstić information content (AvgIpc) is 2.66. The van der Waals surface area contributed by atoms with Gasteiger partial charge in [-0.1, -0.05) is 18.2 Å². The Morgan fingerprint density at radius 2 is 1.88 bits per heavy atom. The van der Waals surface area contributed by atoms with Crippen LogP contribution in [0.5, 0.6) is 17.2 Å². The molecule has 2 aromatic carbocycles. The Morgan fingerprint density at radius 3 is 2.56 bits per heavy atom. The maximum atomic E-state index is 12.5. The molecule has 6 nitrogen and oxygen atoms in total. The molecule has 1 amide bonds. The summed E-state index contributed by atoms with van der Waals surface area (Å²) in [5.74, 6) is 1.39. The minimum absolute atomic E-state index is 0.0890. The summed E-state index contributed by atoms with van der Waals surface area (Å²) in [7, 11) is 3.05. The lowest BCUT2D eigenvalue weighted by molar-refractivity contribution is -0.00160. The number of ether oxygens (including phenoxy) is 3. The quantitative estimate of drug-likeness (QED) is 0.869. The van der Waals surface area contributed by atoms with Crippen molar-refractivity contribution in [2.45, 2.75) is 12.0 Å². The molecule has 0 saturated heterocycles. The third kappa shape index (κ3) is 3.53. The van der Waals surface area contributed by atoms with E-state index in [0.29, 0.717) is 41.4 Å². The first-order valence-corrected chi connectivity index (χ1v) is 8.02. The predicted molar refractivity (Wildman–Crippen MR) is 92.3 cm³/mol. The van der Waals surface area contributed by atoms with Gasteiger partial charge in [0.25, 0.3) is 5.91 Å². The van der Waals surface area contributed by atoms with Crippen molar-refractivity contribution in [3.8, 4) is 17.2 Å². The summed E-state index contributed by atoms with van der Waals surface area (Å²) < 4.78 is 15.9. The number of hydrogen-bond donors (Lipinski definition) is 2. The lowest BCUT2D eigenvalue weighted by Crippen LogP contribution is -2.43. The van der Waals surface area contributed by atoms with Crippen LogP contribution in [-0.2, 0) is 5.60 Å². The third-order valence-corrected chi connectivity index (χ3v) is 4.32. The fourth-order valence-electron chi connectivity index (χ4n) is 2.89. The van der Waals surface area contributed by atoms with E-state index in [0.717, 1.165) is 0 Å². The molecular weight excluding hydrogens is 322 g/mol. The van der Waals surface area contributed by atoms with Crippen LogP contribution in [0.1, 0.15) is 22.3 Å². The summed E-state index contributed by atoms with van der Waals surface area (Å²) in [5, 5.41) is 13.8. The van der Waals surface area contributed by atoms with Crippen LogP contribution < -0.4 is 19.5 Å². The SMILES string of the molecule is COc1cc(OC)cc(C(=O)NCC2(O)CCOc3ccccc32)c1. The lowest BCUT2D eigenvalue weighted by Gasteiger charge is -2.34. The van der Waals surface area contributed by atoms with Gasteiger partial charge in [-0.2, -0.15) is 0 Å². The predicted octanol–water partition coefficient (Wildman–Crippen LogP) is 2.10. The molecule has 0 aliphatic carbocycles. The number of rotatable bonds is 5. The number of nitrogens with one attached hydrogen (secondary N) is 1. The summed E-state index contributed by atoms with van der Waals surface area (Å²) in [4.78, 5) is 12.5.